The van der Waals surface area contributed by atoms with E-state index >= 15 is 0 Å². The molecule has 0 saturated carbocycles. The van der Waals surface area contributed by atoms with Gasteiger partial charge in [0.15, 0.2) is 9.84 Å². The summed E-state index contributed by atoms with van der Waals surface area (Å²) in [6.07, 6.45) is 0. The van der Waals surface area contributed by atoms with Crippen LogP contribution in [-0.2, 0) is 9.84 Å². The van der Waals surface area contributed by atoms with Gasteiger partial charge in [0.05, 0.1) is 10.5 Å². The average molecular weight is 256 g/mol. The monoisotopic (exact) mass is 255 g/mol. The van der Waals surface area contributed by atoms with Crippen molar-refractivity contribution in [2.45, 2.75) is 32.4 Å². The minimum atomic E-state index is -3.00. The van der Waals surface area contributed by atoms with Gasteiger partial charge in [0.1, 0.15) is 0 Å². The molecule has 0 aliphatic heterocycles. The van der Waals surface area contributed by atoms with E-state index in [0.29, 0.717) is 18.3 Å². The first-order chi connectivity index (χ1) is 6.70. The number of halogens is 1. The van der Waals surface area contributed by atoms with Gasteiger partial charge in [-0.25, -0.2) is 8.42 Å². The van der Waals surface area contributed by atoms with Gasteiger partial charge >= 0.3 is 0 Å². The van der Waals surface area contributed by atoms with Crippen molar-refractivity contribution in [2.24, 2.45) is 5.92 Å². The van der Waals surface area contributed by atoms with Gasteiger partial charge in [-0.15, -0.1) is 11.6 Å². The molecule has 0 spiro atoms. The Hall–Kier alpha value is 0.200. The molecule has 0 aliphatic rings. The van der Waals surface area contributed by atoms with Crippen LogP contribution in [0.2, 0.25) is 0 Å². The van der Waals surface area contributed by atoms with Gasteiger partial charge < -0.3 is 5.32 Å². The summed E-state index contributed by atoms with van der Waals surface area (Å²) in [5.41, 5.74) is 0. The van der Waals surface area contributed by atoms with E-state index in [2.05, 4.69) is 5.32 Å². The Morgan fingerprint density at radius 3 is 2.27 bits per heavy atom. The summed E-state index contributed by atoms with van der Waals surface area (Å²) in [5, 5.41) is 3.10. The van der Waals surface area contributed by atoms with Crippen molar-refractivity contribution < 1.29 is 8.42 Å². The lowest BCUT2D eigenvalue weighted by Crippen LogP contribution is -2.35. The molecule has 0 heterocycles. The number of rotatable bonds is 6. The number of hydrogen-bond donors (Lipinski definition) is 1. The standard InChI is InChI=1S/C10H22ClNO2S/c1-9(7-11)8-12-5-6-15(13,14)10(2,3)4/h9,12H,5-8H2,1-4H3. The van der Waals surface area contributed by atoms with Crippen molar-refractivity contribution in [3.05, 3.63) is 0 Å². The Bertz CT molecular complexity index is 270. The maximum absolute atomic E-state index is 11.7. The largest absolute Gasteiger partial charge is 0.315 e. The molecule has 0 radical (unpaired) electrons. The first-order valence-corrected chi connectivity index (χ1v) is 7.38. The highest BCUT2D eigenvalue weighted by atomic mass is 35.5. The van der Waals surface area contributed by atoms with Crippen molar-refractivity contribution in [3.8, 4) is 0 Å². The van der Waals surface area contributed by atoms with Gasteiger partial charge in [-0.05, 0) is 33.2 Å². The fourth-order valence-corrected chi connectivity index (χ4v) is 2.05. The van der Waals surface area contributed by atoms with E-state index in [1.807, 2.05) is 6.92 Å². The molecule has 0 aromatic rings. The van der Waals surface area contributed by atoms with E-state index < -0.39 is 14.6 Å². The lowest BCUT2D eigenvalue weighted by atomic mass is 10.2. The molecule has 0 rings (SSSR count). The summed E-state index contributed by atoms with van der Waals surface area (Å²) < 4.78 is 22.7. The number of alkyl halides is 1. The summed E-state index contributed by atoms with van der Waals surface area (Å²) in [7, 11) is -3.00. The Morgan fingerprint density at radius 2 is 1.87 bits per heavy atom. The van der Waals surface area contributed by atoms with Crippen LogP contribution in [0.4, 0.5) is 0 Å². The Balaban J connectivity index is 3.88. The quantitative estimate of drug-likeness (QED) is 0.580. The van der Waals surface area contributed by atoms with E-state index in [4.69, 9.17) is 11.6 Å². The normalized spacial score (nSPS) is 15.3. The minimum Gasteiger partial charge on any atom is -0.315 e. The summed E-state index contributed by atoms with van der Waals surface area (Å²) in [4.78, 5) is 0. The molecule has 0 aliphatic carbocycles. The second-order valence-electron chi connectivity index (χ2n) is 4.89. The number of hydrogen-bond acceptors (Lipinski definition) is 3. The molecule has 5 heteroatoms. The average Bonchev–Trinajstić information content (AvgIpc) is 2.10. The van der Waals surface area contributed by atoms with Crippen LogP contribution < -0.4 is 5.32 Å². The molecule has 0 fully saturated rings. The summed E-state index contributed by atoms with van der Waals surface area (Å²) >= 11 is 5.64. The second kappa shape index (κ2) is 6.06. The van der Waals surface area contributed by atoms with Crippen LogP contribution in [0.25, 0.3) is 0 Å². The van der Waals surface area contributed by atoms with Crippen molar-refractivity contribution in [1.82, 2.24) is 5.32 Å². The highest BCUT2D eigenvalue weighted by Gasteiger charge is 2.27. The lowest BCUT2D eigenvalue weighted by Gasteiger charge is -2.19. The van der Waals surface area contributed by atoms with Crippen LogP contribution in [0.3, 0.4) is 0 Å². The first-order valence-electron chi connectivity index (χ1n) is 5.19. The SMILES string of the molecule is CC(CCl)CNCCS(=O)(=O)C(C)(C)C. The van der Waals surface area contributed by atoms with Gasteiger partial charge in [-0.3, -0.25) is 0 Å². The molecule has 0 bridgehead atoms. The fourth-order valence-electron chi connectivity index (χ4n) is 0.916. The number of sulfone groups is 1. The lowest BCUT2D eigenvalue weighted by molar-refractivity contribution is 0.543. The maximum Gasteiger partial charge on any atom is 0.156 e. The van der Waals surface area contributed by atoms with Crippen LogP contribution in [0.5, 0.6) is 0 Å². The molecule has 92 valence electrons. The van der Waals surface area contributed by atoms with Crippen molar-refractivity contribution >= 4 is 21.4 Å². The van der Waals surface area contributed by atoms with Crippen molar-refractivity contribution in [2.75, 3.05) is 24.7 Å². The van der Waals surface area contributed by atoms with Crippen molar-refractivity contribution in [1.29, 1.82) is 0 Å². The molecular weight excluding hydrogens is 234 g/mol. The molecule has 0 aromatic carbocycles. The zero-order valence-electron chi connectivity index (χ0n) is 10.0. The van der Waals surface area contributed by atoms with Gasteiger partial charge in [0.2, 0.25) is 0 Å². The third-order valence-electron chi connectivity index (χ3n) is 2.24. The smallest absolute Gasteiger partial charge is 0.156 e. The molecule has 1 unspecified atom stereocenters. The molecule has 0 saturated heterocycles. The third-order valence-corrected chi connectivity index (χ3v) is 5.37. The molecule has 1 N–H and O–H groups in total. The summed E-state index contributed by atoms with van der Waals surface area (Å²) in [5.74, 6) is 1.16. The maximum atomic E-state index is 11.7. The predicted octanol–water partition coefficient (Wildman–Crippen LogP) is 1.66. The zero-order chi connectivity index (χ0) is 12.1. The van der Waals surface area contributed by atoms with Crippen LogP contribution in [0, 0.1) is 5.92 Å². The molecule has 0 aromatic heterocycles. The molecule has 0 amide bonds. The molecule has 15 heavy (non-hydrogen) atoms. The highest BCUT2D eigenvalue weighted by molar-refractivity contribution is 7.92. The predicted molar refractivity (Wildman–Crippen MR) is 66.3 cm³/mol. The molecule has 1 atom stereocenters. The van der Waals surface area contributed by atoms with Crippen LogP contribution >= 0.6 is 11.6 Å². The minimum absolute atomic E-state index is 0.186. The molecule has 3 nitrogen and oxygen atoms in total. The topological polar surface area (TPSA) is 46.2 Å². The van der Waals surface area contributed by atoms with Crippen LogP contribution in [-0.4, -0.2) is 37.9 Å². The Kier molecular flexibility index (Phi) is 6.14. The number of nitrogens with one attached hydrogen (secondary N) is 1. The van der Waals surface area contributed by atoms with Gasteiger partial charge in [0.25, 0.3) is 0 Å². The molecular formula is C10H22ClNO2S. The first kappa shape index (κ1) is 15.2. The van der Waals surface area contributed by atoms with E-state index in [1.165, 1.54) is 0 Å². The highest BCUT2D eigenvalue weighted by Crippen LogP contribution is 2.15. The third kappa shape index (κ3) is 5.73. The zero-order valence-corrected chi connectivity index (χ0v) is 11.6. The van der Waals surface area contributed by atoms with Crippen molar-refractivity contribution in [3.63, 3.8) is 0 Å². The summed E-state index contributed by atoms with van der Waals surface area (Å²) in [6.45, 7) is 8.47. The second-order valence-corrected chi connectivity index (χ2v) is 8.07. The Morgan fingerprint density at radius 1 is 1.33 bits per heavy atom. The fraction of sp³-hybridized carbons (Fsp3) is 1.00. The van der Waals surface area contributed by atoms with Crippen LogP contribution in [0.1, 0.15) is 27.7 Å². The van der Waals surface area contributed by atoms with Gasteiger partial charge in [0, 0.05) is 12.4 Å². The van der Waals surface area contributed by atoms with Gasteiger partial charge in [-0.1, -0.05) is 6.92 Å². The van der Waals surface area contributed by atoms with E-state index in [9.17, 15) is 8.42 Å². The summed E-state index contributed by atoms with van der Waals surface area (Å²) in [6, 6.07) is 0. The van der Waals surface area contributed by atoms with E-state index in [1.54, 1.807) is 20.8 Å². The van der Waals surface area contributed by atoms with E-state index in [0.717, 1.165) is 6.54 Å². The van der Waals surface area contributed by atoms with E-state index in [-0.39, 0.29) is 5.75 Å². The Labute approximate surface area is 98.5 Å². The van der Waals surface area contributed by atoms with Gasteiger partial charge in [-0.2, -0.15) is 0 Å². The van der Waals surface area contributed by atoms with Crippen LogP contribution in [0.15, 0.2) is 0 Å².